The molecule has 13 heteroatoms. The third-order valence-corrected chi connectivity index (χ3v) is 7.41. The number of ether oxygens (including phenoxy) is 2. The number of hydrogen-bond acceptors (Lipinski definition) is 5. The molecule has 0 fully saturated rings. The summed E-state index contributed by atoms with van der Waals surface area (Å²) >= 11 is 0. The third kappa shape index (κ3) is 7.76. The summed E-state index contributed by atoms with van der Waals surface area (Å²) in [5, 5.41) is 2.74. The molecule has 240 valence electrons. The summed E-state index contributed by atoms with van der Waals surface area (Å²) in [6.07, 6.45) is -10.4. The molecule has 0 spiro atoms. The molecule has 0 bridgehead atoms. The molecule has 0 radical (unpaired) electrons. The Bertz CT molecular complexity index is 1510. The molecule has 45 heavy (non-hydrogen) atoms. The Hall–Kier alpha value is -4.55. The van der Waals surface area contributed by atoms with Gasteiger partial charge in [0.05, 0.1) is 43.2 Å². The van der Waals surface area contributed by atoms with Gasteiger partial charge in [0.25, 0.3) is 5.91 Å². The standard InChI is InChI=1S/C32H30F6N2O5/c1-3-45-26(41)13-15-40-28(20-16-21(31(33,34)35)18-22(17-20)32(36,37)38)27(24-6-4-5-7-25(24)30(40)43)29(42)39-14-12-19-8-10-23(44-2)11-9-19/h4-11,16-18,27-28H,3,12-15H2,1-2H3,(H,39,42). The lowest BCUT2D eigenvalue weighted by molar-refractivity contribution is -0.144. The van der Waals surface area contributed by atoms with E-state index >= 15 is 0 Å². The number of halogens is 6. The SMILES string of the molecule is CCOC(=O)CCN1C(=O)c2ccccc2C(C(=O)NCCc2ccc(OC)cc2)C1c1cc(C(F)(F)F)cc(C(F)(F)F)c1. The molecule has 1 aliphatic rings. The van der Waals surface area contributed by atoms with Crippen LogP contribution in [0.15, 0.2) is 66.7 Å². The number of alkyl halides is 6. The van der Waals surface area contributed by atoms with Gasteiger partial charge < -0.3 is 19.7 Å². The largest absolute Gasteiger partial charge is 0.497 e. The monoisotopic (exact) mass is 636 g/mol. The van der Waals surface area contributed by atoms with E-state index in [4.69, 9.17) is 9.47 Å². The van der Waals surface area contributed by atoms with Crippen molar-refractivity contribution >= 4 is 17.8 Å². The lowest BCUT2D eigenvalue weighted by Crippen LogP contribution is -2.48. The first-order valence-corrected chi connectivity index (χ1v) is 14.0. The van der Waals surface area contributed by atoms with Gasteiger partial charge in [-0.1, -0.05) is 30.3 Å². The summed E-state index contributed by atoms with van der Waals surface area (Å²) in [6.45, 7) is 1.21. The third-order valence-electron chi connectivity index (χ3n) is 7.41. The van der Waals surface area contributed by atoms with E-state index in [1.54, 1.807) is 31.2 Å². The van der Waals surface area contributed by atoms with Crippen molar-refractivity contribution in [2.24, 2.45) is 0 Å². The van der Waals surface area contributed by atoms with Crippen molar-refractivity contribution in [1.82, 2.24) is 10.2 Å². The molecule has 1 N–H and O–H groups in total. The number of carbonyl (C=O) groups excluding carboxylic acids is 3. The van der Waals surface area contributed by atoms with Crippen molar-refractivity contribution in [1.29, 1.82) is 0 Å². The lowest BCUT2D eigenvalue weighted by Gasteiger charge is -2.42. The quantitative estimate of drug-likeness (QED) is 0.208. The molecule has 1 heterocycles. The summed E-state index contributed by atoms with van der Waals surface area (Å²) in [4.78, 5) is 40.8. The first-order chi connectivity index (χ1) is 21.2. The molecule has 1 aliphatic heterocycles. The Labute approximate surface area is 255 Å². The van der Waals surface area contributed by atoms with Crippen LogP contribution >= 0.6 is 0 Å². The second-order valence-corrected chi connectivity index (χ2v) is 10.3. The van der Waals surface area contributed by atoms with Gasteiger partial charge in [-0.25, -0.2) is 0 Å². The van der Waals surface area contributed by atoms with Crippen LogP contribution in [-0.4, -0.2) is 49.5 Å². The van der Waals surface area contributed by atoms with Crippen molar-refractivity contribution in [2.45, 2.75) is 44.1 Å². The number of amides is 2. The van der Waals surface area contributed by atoms with Crippen LogP contribution in [0.5, 0.6) is 5.75 Å². The Morgan fingerprint density at radius 3 is 2.11 bits per heavy atom. The zero-order chi connectivity index (χ0) is 32.9. The number of fused-ring (bicyclic) bond motifs is 1. The fraction of sp³-hybridized carbons (Fsp3) is 0.344. The van der Waals surface area contributed by atoms with Crippen molar-refractivity contribution in [3.63, 3.8) is 0 Å². The maximum Gasteiger partial charge on any atom is 0.416 e. The van der Waals surface area contributed by atoms with Crippen molar-refractivity contribution < 1.29 is 50.2 Å². The van der Waals surface area contributed by atoms with Gasteiger partial charge >= 0.3 is 18.3 Å². The average Bonchev–Trinajstić information content (AvgIpc) is 2.99. The second kappa shape index (κ2) is 13.6. The zero-order valence-corrected chi connectivity index (χ0v) is 24.3. The fourth-order valence-corrected chi connectivity index (χ4v) is 5.32. The first-order valence-electron chi connectivity index (χ1n) is 14.0. The van der Waals surface area contributed by atoms with Crippen molar-refractivity contribution in [3.05, 3.63) is 100 Å². The van der Waals surface area contributed by atoms with E-state index < -0.39 is 71.8 Å². The highest BCUT2D eigenvalue weighted by atomic mass is 19.4. The molecule has 4 rings (SSSR count). The van der Waals surface area contributed by atoms with Gasteiger partial charge in [-0.3, -0.25) is 14.4 Å². The molecular formula is C32H30F6N2O5. The summed E-state index contributed by atoms with van der Waals surface area (Å²) in [5.41, 5.74) is -2.75. The van der Waals surface area contributed by atoms with Gasteiger partial charge in [-0.05, 0) is 66.4 Å². The maximum absolute atomic E-state index is 13.9. The number of nitrogens with zero attached hydrogens (tertiary/aromatic N) is 1. The minimum absolute atomic E-state index is 0.0147. The minimum atomic E-state index is -5.17. The predicted octanol–water partition coefficient (Wildman–Crippen LogP) is 6.33. The van der Waals surface area contributed by atoms with E-state index in [0.717, 1.165) is 10.5 Å². The molecule has 3 aromatic rings. The number of esters is 1. The van der Waals surface area contributed by atoms with Gasteiger partial charge in [0.1, 0.15) is 5.75 Å². The van der Waals surface area contributed by atoms with Crippen molar-refractivity contribution in [3.8, 4) is 5.75 Å². The molecule has 2 amide bonds. The van der Waals surface area contributed by atoms with E-state index in [0.29, 0.717) is 24.3 Å². The highest BCUT2D eigenvalue weighted by Gasteiger charge is 2.46. The molecule has 2 atom stereocenters. The minimum Gasteiger partial charge on any atom is -0.497 e. The number of methoxy groups -OCH3 is 1. The van der Waals surface area contributed by atoms with Crippen LogP contribution in [0, 0.1) is 0 Å². The smallest absolute Gasteiger partial charge is 0.416 e. The van der Waals surface area contributed by atoms with Gasteiger partial charge in [-0.2, -0.15) is 26.3 Å². The molecule has 0 aromatic heterocycles. The Morgan fingerprint density at radius 2 is 1.53 bits per heavy atom. The topological polar surface area (TPSA) is 84.9 Å². The molecule has 3 aromatic carbocycles. The van der Waals surface area contributed by atoms with E-state index in [-0.39, 0.29) is 30.3 Å². The van der Waals surface area contributed by atoms with Crippen LogP contribution in [0.4, 0.5) is 26.3 Å². The van der Waals surface area contributed by atoms with Gasteiger partial charge in [0.15, 0.2) is 0 Å². The van der Waals surface area contributed by atoms with Gasteiger partial charge in [-0.15, -0.1) is 0 Å². The predicted molar refractivity (Wildman–Crippen MR) is 150 cm³/mol. The molecule has 7 nitrogen and oxygen atoms in total. The van der Waals surface area contributed by atoms with E-state index in [9.17, 15) is 40.7 Å². The van der Waals surface area contributed by atoms with Gasteiger partial charge in [0, 0.05) is 18.7 Å². The molecule has 0 aliphatic carbocycles. The Balaban J connectivity index is 1.81. The zero-order valence-electron chi connectivity index (χ0n) is 24.3. The highest BCUT2D eigenvalue weighted by molar-refractivity contribution is 6.01. The van der Waals surface area contributed by atoms with E-state index in [1.807, 2.05) is 0 Å². The Kier molecular flexibility index (Phi) is 10.1. The molecular weight excluding hydrogens is 606 g/mol. The van der Waals surface area contributed by atoms with Crippen LogP contribution in [-0.2, 0) is 33.1 Å². The average molecular weight is 637 g/mol. The number of hydrogen-bond donors (Lipinski definition) is 1. The maximum atomic E-state index is 13.9. The van der Waals surface area contributed by atoms with Crippen LogP contribution in [0.1, 0.15) is 63.5 Å². The highest BCUT2D eigenvalue weighted by Crippen LogP contribution is 2.46. The first kappa shape index (κ1) is 33.3. The van der Waals surface area contributed by atoms with Crippen LogP contribution in [0.25, 0.3) is 0 Å². The summed E-state index contributed by atoms with van der Waals surface area (Å²) < 4.78 is 93.4. The number of rotatable bonds is 10. The van der Waals surface area contributed by atoms with Crippen molar-refractivity contribution in [2.75, 3.05) is 26.8 Å². The van der Waals surface area contributed by atoms with Crippen LogP contribution < -0.4 is 10.1 Å². The Morgan fingerprint density at radius 1 is 0.911 bits per heavy atom. The number of carbonyl (C=O) groups is 3. The van der Waals surface area contributed by atoms with Crippen LogP contribution in [0.2, 0.25) is 0 Å². The van der Waals surface area contributed by atoms with Gasteiger partial charge in [0.2, 0.25) is 5.91 Å². The molecule has 0 saturated carbocycles. The normalized spacial score (nSPS) is 16.6. The summed E-state index contributed by atoms with van der Waals surface area (Å²) in [7, 11) is 1.51. The molecule has 2 unspecified atom stereocenters. The summed E-state index contributed by atoms with van der Waals surface area (Å²) in [5.74, 6) is -3.00. The number of nitrogens with one attached hydrogen (secondary N) is 1. The number of benzene rings is 3. The van der Waals surface area contributed by atoms with E-state index in [2.05, 4.69) is 5.32 Å². The fourth-order valence-electron chi connectivity index (χ4n) is 5.32. The van der Waals surface area contributed by atoms with Crippen LogP contribution in [0.3, 0.4) is 0 Å². The second-order valence-electron chi connectivity index (χ2n) is 10.3. The van der Waals surface area contributed by atoms with E-state index in [1.165, 1.54) is 31.4 Å². The molecule has 0 saturated heterocycles. The lowest BCUT2D eigenvalue weighted by atomic mass is 9.78. The summed E-state index contributed by atoms with van der Waals surface area (Å²) in [6, 6.07) is 12.3.